The smallest absolute Gasteiger partial charge is 0.329 e. The van der Waals surface area contributed by atoms with Crippen molar-refractivity contribution in [2.75, 3.05) is 0 Å². The molecule has 21 heavy (non-hydrogen) atoms. The van der Waals surface area contributed by atoms with Gasteiger partial charge in [-0.2, -0.15) is 0 Å². The van der Waals surface area contributed by atoms with E-state index in [2.05, 4.69) is 10.6 Å². The number of rotatable bonds is 5. The van der Waals surface area contributed by atoms with Crippen LogP contribution in [0.1, 0.15) is 66.7 Å². The van der Waals surface area contributed by atoms with E-state index in [0.717, 1.165) is 32.1 Å². The zero-order chi connectivity index (χ0) is 16.0. The molecule has 2 N–H and O–H groups in total. The van der Waals surface area contributed by atoms with Crippen LogP contribution in [0, 0.1) is 5.92 Å². The third-order valence-corrected chi connectivity index (χ3v) is 3.85. The van der Waals surface area contributed by atoms with E-state index < -0.39 is 11.6 Å². The molecule has 0 unspecified atom stereocenters. The van der Waals surface area contributed by atoms with E-state index in [1.54, 1.807) is 0 Å². The summed E-state index contributed by atoms with van der Waals surface area (Å²) < 4.78 is 5.41. The number of ether oxygens (including phenoxy) is 1. The topological polar surface area (TPSA) is 67.4 Å². The summed E-state index contributed by atoms with van der Waals surface area (Å²) in [6, 6.07) is -0.630. The van der Waals surface area contributed by atoms with Gasteiger partial charge < -0.3 is 15.4 Å². The van der Waals surface area contributed by atoms with Gasteiger partial charge in [0.25, 0.3) is 0 Å². The normalized spacial score (nSPS) is 18.9. The van der Waals surface area contributed by atoms with Crippen molar-refractivity contribution >= 4 is 12.0 Å². The summed E-state index contributed by atoms with van der Waals surface area (Å²) >= 11 is 0. The molecule has 0 aromatic rings. The van der Waals surface area contributed by atoms with E-state index in [0.29, 0.717) is 0 Å². The molecule has 0 bridgehead atoms. The van der Waals surface area contributed by atoms with Gasteiger partial charge in [-0.15, -0.1) is 0 Å². The third-order valence-electron chi connectivity index (χ3n) is 3.85. The van der Waals surface area contributed by atoms with Crippen LogP contribution < -0.4 is 10.6 Å². The second-order valence-corrected chi connectivity index (χ2v) is 7.00. The molecule has 0 saturated heterocycles. The van der Waals surface area contributed by atoms with Crippen molar-refractivity contribution in [3.63, 3.8) is 0 Å². The molecule has 1 rings (SSSR count). The van der Waals surface area contributed by atoms with Crippen molar-refractivity contribution in [1.82, 2.24) is 10.6 Å². The van der Waals surface area contributed by atoms with Crippen LogP contribution in [0.4, 0.5) is 4.79 Å². The Morgan fingerprint density at radius 1 is 1.24 bits per heavy atom. The summed E-state index contributed by atoms with van der Waals surface area (Å²) in [5.41, 5.74) is -0.549. The molecule has 0 aliphatic heterocycles. The Bertz CT molecular complexity index is 357. The maximum absolute atomic E-state index is 12.3. The Morgan fingerprint density at radius 3 is 2.29 bits per heavy atom. The fourth-order valence-corrected chi connectivity index (χ4v) is 2.47. The molecule has 1 aliphatic rings. The van der Waals surface area contributed by atoms with Crippen LogP contribution in [0.15, 0.2) is 0 Å². The Balaban J connectivity index is 2.60. The molecule has 5 heteroatoms. The molecule has 0 heterocycles. The van der Waals surface area contributed by atoms with Gasteiger partial charge >= 0.3 is 12.0 Å². The Hall–Kier alpha value is -1.26. The fourth-order valence-electron chi connectivity index (χ4n) is 2.47. The maximum Gasteiger partial charge on any atom is 0.329 e. The van der Waals surface area contributed by atoms with Gasteiger partial charge in [-0.3, -0.25) is 0 Å². The lowest BCUT2D eigenvalue weighted by molar-refractivity contribution is -0.158. The third kappa shape index (κ3) is 6.36. The molecule has 5 nitrogen and oxygen atoms in total. The van der Waals surface area contributed by atoms with E-state index in [-0.39, 0.29) is 24.0 Å². The number of esters is 1. The predicted molar refractivity (Wildman–Crippen MR) is 83.0 cm³/mol. The van der Waals surface area contributed by atoms with Gasteiger partial charge in [0.2, 0.25) is 0 Å². The largest absolute Gasteiger partial charge is 0.458 e. The second-order valence-electron chi connectivity index (χ2n) is 7.00. The molecular formula is C16H30N2O3. The first-order valence-corrected chi connectivity index (χ1v) is 8.03. The van der Waals surface area contributed by atoms with E-state index in [9.17, 15) is 9.59 Å². The molecule has 0 radical (unpaired) electrons. The molecule has 122 valence electrons. The lowest BCUT2D eigenvalue weighted by Crippen LogP contribution is -2.52. The molecule has 2 amide bonds. The van der Waals surface area contributed by atoms with Gasteiger partial charge in [-0.05, 0) is 39.5 Å². The quantitative estimate of drug-likeness (QED) is 0.767. The molecule has 1 aliphatic carbocycles. The van der Waals surface area contributed by atoms with Gasteiger partial charge in [-0.1, -0.05) is 33.1 Å². The van der Waals surface area contributed by atoms with Crippen LogP contribution in [0.5, 0.6) is 0 Å². The van der Waals surface area contributed by atoms with Crippen LogP contribution in [-0.2, 0) is 9.53 Å². The summed E-state index contributed by atoms with van der Waals surface area (Å²) in [6.07, 6.45) is 5.16. The summed E-state index contributed by atoms with van der Waals surface area (Å²) in [5.74, 6) is -0.326. The highest BCUT2D eigenvalue weighted by atomic mass is 16.6. The number of hydrogen-bond donors (Lipinski definition) is 2. The highest BCUT2D eigenvalue weighted by Crippen LogP contribution is 2.18. The predicted octanol–water partition coefficient (Wildman–Crippen LogP) is 2.98. The summed E-state index contributed by atoms with van der Waals surface area (Å²) in [6.45, 7) is 9.44. The van der Waals surface area contributed by atoms with Crippen molar-refractivity contribution in [3.05, 3.63) is 0 Å². The zero-order valence-corrected chi connectivity index (χ0v) is 14.0. The van der Waals surface area contributed by atoms with Gasteiger partial charge in [-0.25, -0.2) is 9.59 Å². The zero-order valence-electron chi connectivity index (χ0n) is 14.0. The molecule has 1 fully saturated rings. The SMILES string of the molecule is CC[C@H](C)[C@H](NC(=O)NC1CCCC1)C(=O)OC(C)(C)C. The molecule has 2 atom stereocenters. The summed E-state index contributed by atoms with van der Waals surface area (Å²) in [7, 11) is 0. The highest BCUT2D eigenvalue weighted by molar-refractivity contribution is 5.84. The minimum atomic E-state index is -0.601. The van der Waals surface area contributed by atoms with Crippen molar-refractivity contribution in [2.24, 2.45) is 5.92 Å². The molecule has 0 spiro atoms. The summed E-state index contributed by atoms with van der Waals surface area (Å²) in [5, 5.41) is 5.74. The van der Waals surface area contributed by atoms with E-state index in [1.807, 2.05) is 34.6 Å². The number of nitrogens with one attached hydrogen (secondary N) is 2. The first kappa shape index (κ1) is 17.8. The Kier molecular flexibility index (Phi) is 6.49. The van der Waals surface area contributed by atoms with Gasteiger partial charge in [0.1, 0.15) is 11.6 Å². The molecule has 0 aromatic carbocycles. The number of carbonyl (C=O) groups is 2. The standard InChI is InChI=1S/C16H30N2O3/c1-6-11(2)13(14(19)21-16(3,4)5)18-15(20)17-12-9-7-8-10-12/h11-13H,6-10H2,1-5H3,(H2,17,18,20)/t11-,13-/m0/s1. The second kappa shape index (κ2) is 7.66. The minimum Gasteiger partial charge on any atom is -0.458 e. The van der Waals surface area contributed by atoms with Crippen LogP contribution >= 0.6 is 0 Å². The number of carbonyl (C=O) groups excluding carboxylic acids is 2. The van der Waals surface area contributed by atoms with Crippen LogP contribution in [-0.4, -0.2) is 29.7 Å². The van der Waals surface area contributed by atoms with Crippen LogP contribution in [0.25, 0.3) is 0 Å². The summed E-state index contributed by atoms with van der Waals surface area (Å²) in [4.78, 5) is 24.3. The van der Waals surface area contributed by atoms with E-state index >= 15 is 0 Å². The number of hydrogen-bond acceptors (Lipinski definition) is 3. The Morgan fingerprint density at radius 2 is 1.81 bits per heavy atom. The average molecular weight is 298 g/mol. The van der Waals surface area contributed by atoms with Crippen molar-refractivity contribution in [2.45, 2.75) is 84.4 Å². The van der Waals surface area contributed by atoms with Gasteiger partial charge in [0.15, 0.2) is 0 Å². The van der Waals surface area contributed by atoms with E-state index in [1.165, 1.54) is 0 Å². The fraction of sp³-hybridized carbons (Fsp3) is 0.875. The van der Waals surface area contributed by atoms with E-state index in [4.69, 9.17) is 4.74 Å². The maximum atomic E-state index is 12.3. The number of urea groups is 1. The first-order chi connectivity index (χ1) is 9.73. The minimum absolute atomic E-state index is 0.0363. The first-order valence-electron chi connectivity index (χ1n) is 8.03. The molecular weight excluding hydrogens is 268 g/mol. The van der Waals surface area contributed by atoms with Crippen molar-refractivity contribution in [3.8, 4) is 0 Å². The van der Waals surface area contributed by atoms with Crippen molar-refractivity contribution in [1.29, 1.82) is 0 Å². The van der Waals surface area contributed by atoms with Crippen LogP contribution in [0.2, 0.25) is 0 Å². The van der Waals surface area contributed by atoms with Crippen LogP contribution in [0.3, 0.4) is 0 Å². The van der Waals surface area contributed by atoms with Gasteiger partial charge in [0, 0.05) is 6.04 Å². The monoisotopic (exact) mass is 298 g/mol. The average Bonchev–Trinajstić information content (AvgIpc) is 2.85. The lowest BCUT2D eigenvalue weighted by Gasteiger charge is -2.28. The molecule has 1 saturated carbocycles. The Labute approximate surface area is 128 Å². The molecule has 0 aromatic heterocycles. The van der Waals surface area contributed by atoms with Crippen molar-refractivity contribution < 1.29 is 14.3 Å². The highest BCUT2D eigenvalue weighted by Gasteiger charge is 2.31. The lowest BCUT2D eigenvalue weighted by atomic mass is 9.99. The van der Waals surface area contributed by atoms with Gasteiger partial charge in [0.05, 0.1) is 0 Å². The number of amides is 2.